The highest BCUT2D eigenvalue weighted by Crippen LogP contribution is 2.48. The lowest BCUT2D eigenvalue weighted by Crippen LogP contribution is -2.07. The van der Waals surface area contributed by atoms with Crippen molar-refractivity contribution in [2.24, 2.45) is 0 Å². The molecule has 0 heterocycles. The molecule has 0 radical (unpaired) electrons. The van der Waals surface area contributed by atoms with Gasteiger partial charge in [-0.25, -0.2) is 0 Å². The minimum absolute atomic E-state index is 0.247. The molecule has 0 bridgehead atoms. The maximum absolute atomic E-state index is 12.1. The summed E-state index contributed by atoms with van der Waals surface area (Å²) in [4.78, 5) is 11.3. The minimum atomic E-state index is -3.01. The molecule has 0 atom stereocenters. The molecule has 0 aromatic carbocycles. The molecular formula is C12H25O5P. The smallest absolute Gasteiger partial charge is 0.330 e. The molecule has 0 aromatic rings. The van der Waals surface area contributed by atoms with Gasteiger partial charge in [-0.3, -0.25) is 9.36 Å². The van der Waals surface area contributed by atoms with Gasteiger partial charge in [-0.1, -0.05) is 13.3 Å². The Balaban J connectivity index is 3.84. The molecule has 0 fully saturated rings. The van der Waals surface area contributed by atoms with E-state index < -0.39 is 7.60 Å². The van der Waals surface area contributed by atoms with Crippen LogP contribution in [0.25, 0.3) is 0 Å². The van der Waals surface area contributed by atoms with Crippen LogP contribution in [0.4, 0.5) is 0 Å². The Morgan fingerprint density at radius 1 is 1.06 bits per heavy atom. The van der Waals surface area contributed by atoms with Gasteiger partial charge in [0.05, 0.1) is 26.0 Å². The summed E-state index contributed by atoms with van der Waals surface area (Å²) in [6, 6.07) is 0. The normalized spacial score (nSPS) is 11.5. The highest BCUT2D eigenvalue weighted by atomic mass is 31.2. The second-order valence-electron chi connectivity index (χ2n) is 3.85. The van der Waals surface area contributed by atoms with Gasteiger partial charge < -0.3 is 13.8 Å². The number of unbranched alkanes of at least 4 members (excludes halogenated alkanes) is 1. The molecule has 0 spiro atoms. The van der Waals surface area contributed by atoms with E-state index in [0.717, 1.165) is 12.8 Å². The molecule has 0 rings (SSSR count). The minimum Gasteiger partial charge on any atom is -0.466 e. The standard InChI is InChI=1S/C12H25O5P/c1-4-7-10-15-12(13)9-8-11-18(14,16-5-2)17-6-3/h4-11H2,1-3H3. The summed E-state index contributed by atoms with van der Waals surface area (Å²) < 4.78 is 27.3. The molecular weight excluding hydrogens is 255 g/mol. The molecule has 6 heteroatoms. The number of rotatable bonds is 11. The lowest BCUT2D eigenvalue weighted by atomic mass is 10.3. The average molecular weight is 280 g/mol. The highest BCUT2D eigenvalue weighted by molar-refractivity contribution is 7.53. The Bertz CT molecular complexity index is 257. The van der Waals surface area contributed by atoms with E-state index in [1.165, 1.54) is 0 Å². The van der Waals surface area contributed by atoms with Gasteiger partial charge in [0.15, 0.2) is 0 Å². The SMILES string of the molecule is CCCCOC(=O)CCCP(=O)(OCC)OCC. The van der Waals surface area contributed by atoms with Crippen molar-refractivity contribution in [1.82, 2.24) is 0 Å². The molecule has 5 nitrogen and oxygen atoms in total. The summed E-state index contributed by atoms with van der Waals surface area (Å²) in [7, 11) is -3.01. The van der Waals surface area contributed by atoms with Crippen LogP contribution < -0.4 is 0 Å². The van der Waals surface area contributed by atoms with E-state index in [0.29, 0.717) is 26.2 Å². The van der Waals surface area contributed by atoms with Crippen LogP contribution in [-0.2, 0) is 23.1 Å². The van der Waals surface area contributed by atoms with E-state index in [-0.39, 0.29) is 18.6 Å². The second kappa shape index (κ2) is 10.5. The van der Waals surface area contributed by atoms with Crippen molar-refractivity contribution in [2.45, 2.75) is 46.5 Å². The summed E-state index contributed by atoms with van der Waals surface area (Å²) in [5, 5.41) is 0. The summed E-state index contributed by atoms with van der Waals surface area (Å²) >= 11 is 0. The number of esters is 1. The first kappa shape index (κ1) is 17.6. The molecule has 0 unspecified atom stereocenters. The van der Waals surface area contributed by atoms with E-state index in [1.807, 2.05) is 6.92 Å². The first-order valence-corrected chi connectivity index (χ1v) is 8.34. The fourth-order valence-electron chi connectivity index (χ4n) is 1.38. The predicted octanol–water partition coefficient (Wildman–Crippen LogP) is 3.38. The fourth-order valence-corrected chi connectivity index (χ4v) is 3.04. The van der Waals surface area contributed by atoms with Crippen molar-refractivity contribution in [3.05, 3.63) is 0 Å². The van der Waals surface area contributed by atoms with Crippen LogP contribution in [0.2, 0.25) is 0 Å². The topological polar surface area (TPSA) is 61.8 Å². The number of ether oxygens (including phenoxy) is 1. The summed E-state index contributed by atoms with van der Waals surface area (Å²) in [6.45, 7) is 6.73. The van der Waals surface area contributed by atoms with E-state index in [9.17, 15) is 9.36 Å². The summed E-state index contributed by atoms with van der Waals surface area (Å²) in [6.07, 6.45) is 2.85. The Kier molecular flexibility index (Phi) is 10.3. The maximum Gasteiger partial charge on any atom is 0.330 e. The molecule has 0 aliphatic rings. The number of hydrogen-bond donors (Lipinski definition) is 0. The lowest BCUT2D eigenvalue weighted by Gasteiger charge is -2.16. The second-order valence-corrected chi connectivity index (χ2v) is 6.03. The van der Waals surface area contributed by atoms with Crippen LogP contribution in [0.3, 0.4) is 0 Å². The van der Waals surface area contributed by atoms with Crippen molar-refractivity contribution < 1.29 is 23.1 Å². The van der Waals surface area contributed by atoms with Crippen LogP contribution in [0, 0.1) is 0 Å². The Morgan fingerprint density at radius 3 is 2.17 bits per heavy atom. The van der Waals surface area contributed by atoms with Gasteiger partial charge in [0.1, 0.15) is 0 Å². The fraction of sp³-hybridized carbons (Fsp3) is 0.917. The van der Waals surface area contributed by atoms with Crippen LogP contribution in [-0.4, -0.2) is 32.0 Å². The Hall–Kier alpha value is -0.380. The van der Waals surface area contributed by atoms with Crippen LogP contribution in [0.5, 0.6) is 0 Å². The molecule has 0 saturated heterocycles. The van der Waals surface area contributed by atoms with Gasteiger partial charge in [-0.2, -0.15) is 0 Å². The number of carbonyl (C=O) groups excluding carboxylic acids is 1. The van der Waals surface area contributed by atoms with Gasteiger partial charge >= 0.3 is 13.6 Å². The quantitative estimate of drug-likeness (QED) is 0.330. The average Bonchev–Trinajstić information content (AvgIpc) is 2.30. The van der Waals surface area contributed by atoms with Gasteiger partial charge in [0.2, 0.25) is 0 Å². The van der Waals surface area contributed by atoms with Gasteiger partial charge in [0, 0.05) is 6.42 Å². The number of carbonyl (C=O) groups is 1. The van der Waals surface area contributed by atoms with Crippen LogP contribution >= 0.6 is 7.60 Å². The van der Waals surface area contributed by atoms with Gasteiger partial charge in [-0.15, -0.1) is 0 Å². The Labute approximate surface area is 110 Å². The van der Waals surface area contributed by atoms with Crippen molar-refractivity contribution in [1.29, 1.82) is 0 Å². The Morgan fingerprint density at radius 2 is 1.67 bits per heavy atom. The van der Waals surface area contributed by atoms with Crippen LogP contribution in [0.1, 0.15) is 46.5 Å². The third-order valence-electron chi connectivity index (χ3n) is 2.23. The maximum atomic E-state index is 12.1. The van der Waals surface area contributed by atoms with E-state index >= 15 is 0 Å². The predicted molar refractivity (Wildman–Crippen MR) is 70.8 cm³/mol. The van der Waals surface area contributed by atoms with Crippen molar-refractivity contribution >= 4 is 13.6 Å². The molecule has 0 saturated carbocycles. The van der Waals surface area contributed by atoms with Crippen molar-refractivity contribution in [2.75, 3.05) is 26.0 Å². The molecule has 108 valence electrons. The zero-order valence-electron chi connectivity index (χ0n) is 11.6. The third-order valence-corrected chi connectivity index (χ3v) is 4.39. The lowest BCUT2D eigenvalue weighted by molar-refractivity contribution is -0.143. The molecule has 0 amide bonds. The molecule has 0 N–H and O–H groups in total. The van der Waals surface area contributed by atoms with Gasteiger partial charge in [0.25, 0.3) is 0 Å². The first-order valence-electron chi connectivity index (χ1n) is 6.61. The first-order chi connectivity index (χ1) is 8.58. The highest BCUT2D eigenvalue weighted by Gasteiger charge is 2.23. The van der Waals surface area contributed by atoms with E-state index in [1.54, 1.807) is 13.8 Å². The molecule has 0 aromatic heterocycles. The van der Waals surface area contributed by atoms with Crippen molar-refractivity contribution in [3.8, 4) is 0 Å². The third kappa shape index (κ3) is 8.67. The monoisotopic (exact) mass is 280 g/mol. The van der Waals surface area contributed by atoms with E-state index in [4.69, 9.17) is 13.8 Å². The zero-order valence-corrected chi connectivity index (χ0v) is 12.5. The van der Waals surface area contributed by atoms with E-state index in [2.05, 4.69) is 0 Å². The van der Waals surface area contributed by atoms with Crippen LogP contribution in [0.15, 0.2) is 0 Å². The summed E-state index contributed by atoms with van der Waals surface area (Å²) in [5.41, 5.74) is 0. The zero-order chi connectivity index (χ0) is 13.9. The molecule has 0 aliphatic carbocycles. The molecule has 0 aliphatic heterocycles. The van der Waals surface area contributed by atoms with Gasteiger partial charge in [-0.05, 0) is 26.7 Å². The summed E-state index contributed by atoms with van der Waals surface area (Å²) in [5.74, 6) is -0.247. The largest absolute Gasteiger partial charge is 0.466 e. The van der Waals surface area contributed by atoms with Crippen molar-refractivity contribution in [3.63, 3.8) is 0 Å². The molecule has 18 heavy (non-hydrogen) atoms. The number of hydrogen-bond acceptors (Lipinski definition) is 5.